The minimum Gasteiger partial charge on any atom is -0.469 e. The molecule has 0 atom stereocenters. The Balaban J connectivity index is 0.00000264. The number of furan rings is 1. The normalized spacial score (nSPS) is 16.0. The van der Waals surface area contributed by atoms with Crippen LogP contribution >= 0.6 is 24.0 Å². The third kappa shape index (κ3) is 7.56. The van der Waals surface area contributed by atoms with Crippen molar-refractivity contribution in [3.63, 3.8) is 0 Å². The van der Waals surface area contributed by atoms with Gasteiger partial charge in [0.1, 0.15) is 5.76 Å². The molecule has 1 aromatic rings. The molecule has 0 unspecified atom stereocenters. The molecule has 1 N–H and O–H groups in total. The lowest BCUT2D eigenvalue weighted by Crippen LogP contribution is -2.43. The molecule has 2 rings (SSSR count). The van der Waals surface area contributed by atoms with Crippen LogP contribution in [-0.2, 0) is 11.2 Å². The number of aliphatic imine (C=N–C) groups is 1. The summed E-state index contributed by atoms with van der Waals surface area (Å²) in [6.45, 7) is 6.69. The minimum atomic E-state index is 0. The molecule has 132 valence electrons. The Morgan fingerprint density at radius 2 is 2.17 bits per heavy atom. The van der Waals surface area contributed by atoms with Gasteiger partial charge in [-0.15, -0.1) is 24.0 Å². The van der Waals surface area contributed by atoms with E-state index in [4.69, 9.17) is 14.1 Å². The van der Waals surface area contributed by atoms with Gasteiger partial charge in [-0.05, 0) is 37.3 Å². The Hall–Kier alpha value is -0.760. The van der Waals surface area contributed by atoms with E-state index in [2.05, 4.69) is 24.2 Å². The molecule has 2 heterocycles. The third-order valence-electron chi connectivity index (χ3n) is 3.95. The van der Waals surface area contributed by atoms with E-state index in [1.54, 1.807) is 6.26 Å². The zero-order valence-corrected chi connectivity index (χ0v) is 16.6. The highest BCUT2D eigenvalue weighted by Gasteiger charge is 2.17. The molecular weight excluding hydrogens is 405 g/mol. The third-order valence-corrected chi connectivity index (χ3v) is 3.95. The number of nitrogens with one attached hydrogen (secondary N) is 1. The van der Waals surface area contributed by atoms with E-state index in [0.717, 1.165) is 70.3 Å². The summed E-state index contributed by atoms with van der Waals surface area (Å²) in [5.74, 6) is 2.71. The molecule has 1 aliphatic heterocycles. The highest BCUT2D eigenvalue weighted by molar-refractivity contribution is 14.0. The van der Waals surface area contributed by atoms with Crippen molar-refractivity contribution in [1.29, 1.82) is 0 Å². The quantitative estimate of drug-likeness (QED) is 0.406. The van der Waals surface area contributed by atoms with Gasteiger partial charge in [-0.3, -0.25) is 4.99 Å². The maximum atomic E-state index is 5.44. The van der Waals surface area contributed by atoms with Gasteiger partial charge in [0.2, 0.25) is 0 Å². The molecule has 0 aliphatic carbocycles. The summed E-state index contributed by atoms with van der Waals surface area (Å²) in [6.07, 6.45) is 5.96. The SMILES string of the molecule is CCCN=C(NCCc1ccco1)N(C)CC1CCOCC1.I. The first-order valence-corrected chi connectivity index (χ1v) is 8.39. The van der Waals surface area contributed by atoms with Gasteiger partial charge in [-0.2, -0.15) is 0 Å². The zero-order chi connectivity index (χ0) is 15.6. The summed E-state index contributed by atoms with van der Waals surface area (Å²) in [6, 6.07) is 3.94. The summed E-state index contributed by atoms with van der Waals surface area (Å²) in [5, 5.41) is 3.47. The first kappa shape index (κ1) is 20.3. The van der Waals surface area contributed by atoms with Gasteiger partial charge in [0.05, 0.1) is 6.26 Å². The van der Waals surface area contributed by atoms with Crippen LogP contribution in [0.5, 0.6) is 0 Å². The van der Waals surface area contributed by atoms with Gasteiger partial charge >= 0.3 is 0 Å². The van der Waals surface area contributed by atoms with E-state index in [1.165, 1.54) is 0 Å². The molecular formula is C17H30IN3O2. The van der Waals surface area contributed by atoms with Crippen LogP contribution in [0.25, 0.3) is 0 Å². The Labute approximate surface area is 156 Å². The smallest absolute Gasteiger partial charge is 0.193 e. The minimum absolute atomic E-state index is 0. The number of hydrogen-bond acceptors (Lipinski definition) is 3. The van der Waals surface area contributed by atoms with Gasteiger partial charge in [0.15, 0.2) is 5.96 Å². The van der Waals surface area contributed by atoms with Gasteiger partial charge in [0, 0.05) is 46.3 Å². The number of guanidine groups is 1. The fourth-order valence-corrected chi connectivity index (χ4v) is 2.68. The fourth-order valence-electron chi connectivity index (χ4n) is 2.68. The molecule has 1 aromatic heterocycles. The van der Waals surface area contributed by atoms with E-state index in [9.17, 15) is 0 Å². The van der Waals surface area contributed by atoms with Crippen LogP contribution in [-0.4, -0.2) is 50.8 Å². The predicted molar refractivity (Wildman–Crippen MR) is 105 cm³/mol. The van der Waals surface area contributed by atoms with E-state index in [0.29, 0.717) is 5.92 Å². The summed E-state index contributed by atoms with van der Waals surface area (Å²) < 4.78 is 10.8. The van der Waals surface area contributed by atoms with Crippen molar-refractivity contribution in [2.45, 2.75) is 32.6 Å². The van der Waals surface area contributed by atoms with Gasteiger partial charge < -0.3 is 19.4 Å². The maximum Gasteiger partial charge on any atom is 0.193 e. The average Bonchev–Trinajstić information content (AvgIpc) is 3.05. The van der Waals surface area contributed by atoms with Crippen molar-refractivity contribution in [2.24, 2.45) is 10.9 Å². The molecule has 1 aliphatic rings. The highest BCUT2D eigenvalue weighted by Crippen LogP contribution is 2.15. The highest BCUT2D eigenvalue weighted by atomic mass is 127. The number of halogens is 1. The lowest BCUT2D eigenvalue weighted by Gasteiger charge is -2.29. The van der Waals surface area contributed by atoms with Crippen LogP contribution in [0.2, 0.25) is 0 Å². The molecule has 0 amide bonds. The van der Waals surface area contributed by atoms with Crippen LogP contribution in [0.4, 0.5) is 0 Å². The van der Waals surface area contributed by atoms with Crippen LogP contribution in [0, 0.1) is 5.92 Å². The van der Waals surface area contributed by atoms with Crippen LogP contribution in [0.1, 0.15) is 31.9 Å². The largest absolute Gasteiger partial charge is 0.469 e. The number of nitrogens with zero attached hydrogens (tertiary/aromatic N) is 2. The number of rotatable bonds is 7. The van der Waals surface area contributed by atoms with E-state index >= 15 is 0 Å². The summed E-state index contributed by atoms with van der Waals surface area (Å²) >= 11 is 0. The van der Waals surface area contributed by atoms with Crippen molar-refractivity contribution in [3.05, 3.63) is 24.2 Å². The fraction of sp³-hybridized carbons (Fsp3) is 0.706. The number of hydrogen-bond donors (Lipinski definition) is 1. The molecule has 0 radical (unpaired) electrons. The van der Waals surface area contributed by atoms with Crippen LogP contribution < -0.4 is 5.32 Å². The van der Waals surface area contributed by atoms with Crippen molar-refractivity contribution in [2.75, 3.05) is 39.9 Å². The summed E-state index contributed by atoms with van der Waals surface area (Å²) in [4.78, 5) is 6.95. The second-order valence-electron chi connectivity index (χ2n) is 5.90. The summed E-state index contributed by atoms with van der Waals surface area (Å²) in [7, 11) is 2.13. The second-order valence-corrected chi connectivity index (χ2v) is 5.90. The van der Waals surface area contributed by atoms with Crippen molar-refractivity contribution >= 4 is 29.9 Å². The van der Waals surface area contributed by atoms with Crippen molar-refractivity contribution < 1.29 is 9.15 Å². The molecule has 0 bridgehead atoms. The van der Waals surface area contributed by atoms with E-state index < -0.39 is 0 Å². The molecule has 6 heteroatoms. The topological polar surface area (TPSA) is 50.0 Å². The van der Waals surface area contributed by atoms with E-state index in [-0.39, 0.29) is 24.0 Å². The van der Waals surface area contributed by atoms with Gasteiger partial charge in [-0.25, -0.2) is 0 Å². The molecule has 1 fully saturated rings. The molecule has 0 aromatic carbocycles. The monoisotopic (exact) mass is 435 g/mol. The molecule has 1 saturated heterocycles. The standard InChI is InChI=1S/C17H29N3O2.HI/c1-3-9-18-17(19-10-6-16-5-4-11-22-16)20(2)14-15-7-12-21-13-8-15;/h4-5,11,15H,3,6-10,12-14H2,1-2H3,(H,18,19);1H. The Morgan fingerprint density at radius 1 is 1.39 bits per heavy atom. The van der Waals surface area contributed by atoms with Gasteiger partial charge in [0.25, 0.3) is 0 Å². The Morgan fingerprint density at radius 3 is 2.83 bits per heavy atom. The lowest BCUT2D eigenvalue weighted by atomic mass is 10.00. The lowest BCUT2D eigenvalue weighted by molar-refractivity contribution is 0.0610. The number of ether oxygens (including phenoxy) is 1. The molecule has 0 spiro atoms. The first-order valence-electron chi connectivity index (χ1n) is 8.39. The van der Waals surface area contributed by atoms with E-state index in [1.807, 2.05) is 12.1 Å². The molecule has 0 saturated carbocycles. The maximum absolute atomic E-state index is 5.44. The summed E-state index contributed by atoms with van der Waals surface area (Å²) in [5.41, 5.74) is 0. The molecule has 5 nitrogen and oxygen atoms in total. The van der Waals surface area contributed by atoms with Crippen LogP contribution in [0.3, 0.4) is 0 Å². The Bertz CT molecular complexity index is 431. The van der Waals surface area contributed by atoms with Crippen molar-refractivity contribution in [3.8, 4) is 0 Å². The van der Waals surface area contributed by atoms with Crippen molar-refractivity contribution in [1.82, 2.24) is 10.2 Å². The predicted octanol–water partition coefficient (Wildman–Crippen LogP) is 3.15. The van der Waals surface area contributed by atoms with Gasteiger partial charge in [-0.1, -0.05) is 6.92 Å². The average molecular weight is 435 g/mol. The zero-order valence-electron chi connectivity index (χ0n) is 14.3. The molecule has 23 heavy (non-hydrogen) atoms. The van der Waals surface area contributed by atoms with Crippen LogP contribution in [0.15, 0.2) is 27.8 Å². The first-order chi connectivity index (χ1) is 10.8. The second kappa shape index (κ2) is 11.7. The Kier molecular flexibility index (Phi) is 10.3.